The van der Waals surface area contributed by atoms with Crippen LogP contribution in [-0.2, 0) is 0 Å². The van der Waals surface area contributed by atoms with Crippen molar-refractivity contribution in [1.29, 1.82) is 0 Å². The van der Waals surface area contributed by atoms with Crippen LogP contribution in [0, 0.1) is 6.92 Å². The van der Waals surface area contributed by atoms with Crippen LogP contribution in [-0.4, -0.2) is 29.1 Å². The average Bonchev–Trinajstić information content (AvgIpc) is 2.16. The molecule has 2 heterocycles. The van der Waals surface area contributed by atoms with Gasteiger partial charge < -0.3 is 10.6 Å². The van der Waals surface area contributed by atoms with E-state index in [0.717, 1.165) is 37.4 Å². The van der Waals surface area contributed by atoms with Crippen molar-refractivity contribution in [3.8, 4) is 0 Å². The standard InChI is InChI=1S/C10H15ClN4/c1-7-5-9(14-10(11)13-7)15-4-2-3-8(12)6-15/h5,8H,2-4,6,12H2,1H3/t8-/m0/s1. The molecule has 0 aromatic carbocycles. The van der Waals surface area contributed by atoms with E-state index in [1.807, 2.05) is 13.0 Å². The van der Waals surface area contributed by atoms with Crippen molar-refractivity contribution in [2.45, 2.75) is 25.8 Å². The summed E-state index contributed by atoms with van der Waals surface area (Å²) >= 11 is 5.83. The van der Waals surface area contributed by atoms with Crippen molar-refractivity contribution >= 4 is 17.4 Å². The highest BCUT2D eigenvalue weighted by Gasteiger charge is 2.18. The van der Waals surface area contributed by atoms with E-state index in [1.165, 1.54) is 0 Å². The molecule has 0 amide bonds. The SMILES string of the molecule is Cc1cc(N2CCC[C@H](N)C2)nc(Cl)n1. The summed E-state index contributed by atoms with van der Waals surface area (Å²) in [4.78, 5) is 10.4. The number of aromatic nitrogens is 2. The number of nitrogens with zero attached hydrogens (tertiary/aromatic N) is 3. The molecule has 1 aromatic heterocycles. The minimum Gasteiger partial charge on any atom is -0.355 e. The Morgan fingerprint density at radius 3 is 3.00 bits per heavy atom. The van der Waals surface area contributed by atoms with Gasteiger partial charge in [0.15, 0.2) is 0 Å². The fourth-order valence-corrected chi connectivity index (χ4v) is 2.12. The van der Waals surface area contributed by atoms with Crippen molar-refractivity contribution in [2.75, 3.05) is 18.0 Å². The molecule has 1 aliphatic heterocycles. The fraction of sp³-hybridized carbons (Fsp3) is 0.600. The monoisotopic (exact) mass is 226 g/mol. The lowest BCUT2D eigenvalue weighted by atomic mass is 10.1. The van der Waals surface area contributed by atoms with E-state index in [0.29, 0.717) is 5.28 Å². The summed E-state index contributed by atoms with van der Waals surface area (Å²) in [6, 6.07) is 2.19. The molecule has 0 bridgehead atoms. The first-order chi connectivity index (χ1) is 7.15. The molecule has 1 aliphatic rings. The molecule has 2 N–H and O–H groups in total. The molecular weight excluding hydrogens is 212 g/mol. The van der Waals surface area contributed by atoms with Crippen molar-refractivity contribution in [3.05, 3.63) is 17.0 Å². The van der Waals surface area contributed by atoms with Crippen LogP contribution < -0.4 is 10.6 Å². The molecule has 4 nitrogen and oxygen atoms in total. The van der Waals surface area contributed by atoms with E-state index in [9.17, 15) is 0 Å². The Labute approximate surface area is 94.5 Å². The molecule has 0 aliphatic carbocycles. The Hall–Kier alpha value is -0.870. The summed E-state index contributed by atoms with van der Waals surface area (Å²) < 4.78 is 0. The molecule has 5 heteroatoms. The van der Waals surface area contributed by atoms with Crippen molar-refractivity contribution in [2.24, 2.45) is 5.73 Å². The number of halogens is 1. The predicted molar refractivity (Wildman–Crippen MR) is 61.2 cm³/mol. The Morgan fingerprint density at radius 1 is 1.53 bits per heavy atom. The maximum Gasteiger partial charge on any atom is 0.224 e. The normalized spacial score (nSPS) is 21.8. The summed E-state index contributed by atoms with van der Waals surface area (Å²) in [5, 5.41) is 0.309. The van der Waals surface area contributed by atoms with Crippen LogP contribution in [0.4, 0.5) is 5.82 Å². The first-order valence-corrected chi connectivity index (χ1v) is 5.54. The smallest absolute Gasteiger partial charge is 0.224 e. The van der Waals surface area contributed by atoms with Crippen LogP contribution in [0.5, 0.6) is 0 Å². The topological polar surface area (TPSA) is 55.0 Å². The molecule has 0 spiro atoms. The number of hydrogen-bond acceptors (Lipinski definition) is 4. The molecule has 82 valence electrons. The maximum atomic E-state index is 5.92. The number of piperidine rings is 1. The lowest BCUT2D eigenvalue weighted by Gasteiger charge is -2.31. The zero-order chi connectivity index (χ0) is 10.8. The average molecular weight is 227 g/mol. The van der Waals surface area contributed by atoms with Gasteiger partial charge in [-0.1, -0.05) is 0 Å². The Kier molecular flexibility index (Phi) is 3.07. The summed E-state index contributed by atoms with van der Waals surface area (Å²) in [5.74, 6) is 0.891. The molecule has 0 saturated carbocycles. The number of rotatable bonds is 1. The second-order valence-corrected chi connectivity index (χ2v) is 4.32. The fourth-order valence-electron chi connectivity index (χ4n) is 1.90. The molecule has 15 heavy (non-hydrogen) atoms. The number of aryl methyl sites for hydroxylation is 1. The van der Waals surface area contributed by atoms with Gasteiger partial charge >= 0.3 is 0 Å². The molecule has 1 aromatic rings. The van der Waals surface area contributed by atoms with E-state index < -0.39 is 0 Å². The highest BCUT2D eigenvalue weighted by atomic mass is 35.5. The Balaban J connectivity index is 2.20. The summed E-state index contributed by atoms with van der Waals surface area (Å²) in [7, 11) is 0. The van der Waals surface area contributed by atoms with Gasteiger partial charge in [0, 0.05) is 30.9 Å². The van der Waals surface area contributed by atoms with E-state index >= 15 is 0 Å². The third-order valence-electron chi connectivity index (χ3n) is 2.60. The first-order valence-electron chi connectivity index (χ1n) is 5.17. The molecule has 2 rings (SSSR count). The van der Waals surface area contributed by atoms with Crippen LogP contribution in [0.2, 0.25) is 5.28 Å². The van der Waals surface area contributed by atoms with Crippen LogP contribution in [0.3, 0.4) is 0 Å². The highest BCUT2D eigenvalue weighted by Crippen LogP contribution is 2.19. The van der Waals surface area contributed by atoms with Gasteiger partial charge in [-0.25, -0.2) is 9.97 Å². The van der Waals surface area contributed by atoms with Gasteiger partial charge in [0.1, 0.15) is 5.82 Å². The first kappa shape index (κ1) is 10.6. The second-order valence-electron chi connectivity index (χ2n) is 3.98. The van der Waals surface area contributed by atoms with Crippen LogP contribution in [0.1, 0.15) is 18.5 Å². The lowest BCUT2D eigenvalue weighted by Crippen LogP contribution is -2.43. The zero-order valence-corrected chi connectivity index (χ0v) is 9.54. The maximum absolute atomic E-state index is 5.92. The van der Waals surface area contributed by atoms with Gasteiger partial charge in [0.2, 0.25) is 5.28 Å². The van der Waals surface area contributed by atoms with E-state index in [1.54, 1.807) is 0 Å². The lowest BCUT2D eigenvalue weighted by molar-refractivity contribution is 0.503. The van der Waals surface area contributed by atoms with Gasteiger partial charge in [0.25, 0.3) is 0 Å². The Morgan fingerprint density at radius 2 is 2.33 bits per heavy atom. The predicted octanol–water partition coefficient (Wildman–Crippen LogP) is 1.37. The van der Waals surface area contributed by atoms with Crippen molar-refractivity contribution in [1.82, 2.24) is 9.97 Å². The van der Waals surface area contributed by atoms with Gasteiger partial charge in [-0.05, 0) is 31.4 Å². The van der Waals surface area contributed by atoms with Gasteiger partial charge in [-0.15, -0.1) is 0 Å². The number of nitrogens with two attached hydrogens (primary N) is 1. The summed E-state index contributed by atoms with van der Waals surface area (Å²) in [6.45, 7) is 3.77. The van der Waals surface area contributed by atoms with Crippen molar-refractivity contribution in [3.63, 3.8) is 0 Å². The van der Waals surface area contributed by atoms with Gasteiger partial charge in [-0.2, -0.15) is 0 Å². The Bertz CT molecular complexity index is 335. The molecular formula is C10H15ClN4. The molecule has 0 unspecified atom stereocenters. The van der Waals surface area contributed by atoms with Crippen LogP contribution in [0.25, 0.3) is 0 Å². The summed E-state index contributed by atoms with van der Waals surface area (Å²) in [6.07, 6.45) is 2.20. The van der Waals surface area contributed by atoms with Crippen LogP contribution >= 0.6 is 11.6 Å². The van der Waals surface area contributed by atoms with E-state index in [-0.39, 0.29) is 6.04 Å². The van der Waals surface area contributed by atoms with E-state index in [4.69, 9.17) is 17.3 Å². The third kappa shape index (κ3) is 2.58. The molecule has 1 saturated heterocycles. The second kappa shape index (κ2) is 4.33. The zero-order valence-electron chi connectivity index (χ0n) is 8.78. The van der Waals surface area contributed by atoms with Crippen molar-refractivity contribution < 1.29 is 0 Å². The highest BCUT2D eigenvalue weighted by molar-refractivity contribution is 6.28. The van der Waals surface area contributed by atoms with Crippen LogP contribution in [0.15, 0.2) is 6.07 Å². The summed E-state index contributed by atoms with van der Waals surface area (Å²) in [5.41, 5.74) is 6.81. The van der Waals surface area contributed by atoms with E-state index in [2.05, 4.69) is 14.9 Å². The van der Waals surface area contributed by atoms with Gasteiger partial charge in [-0.3, -0.25) is 0 Å². The number of hydrogen-bond donors (Lipinski definition) is 1. The third-order valence-corrected chi connectivity index (χ3v) is 2.76. The molecule has 1 fully saturated rings. The number of anilines is 1. The largest absolute Gasteiger partial charge is 0.355 e. The minimum absolute atomic E-state index is 0.243. The molecule has 0 radical (unpaired) electrons. The molecule has 1 atom stereocenters. The quantitative estimate of drug-likeness (QED) is 0.735. The minimum atomic E-state index is 0.243. The van der Waals surface area contributed by atoms with Gasteiger partial charge in [0.05, 0.1) is 0 Å².